The molecule has 1 amide bonds. The number of piperidine rings is 1. The maximum Gasteiger partial charge on any atom is 0.260 e. The highest BCUT2D eigenvalue weighted by molar-refractivity contribution is 5.81. The van der Waals surface area contributed by atoms with Crippen molar-refractivity contribution in [3.8, 4) is 5.75 Å². The fourth-order valence-electron chi connectivity index (χ4n) is 3.68. The average Bonchev–Trinajstić information content (AvgIpc) is 2.37. The highest BCUT2D eigenvalue weighted by Crippen LogP contribution is 2.28. The topological polar surface area (TPSA) is 50.4 Å². The van der Waals surface area contributed by atoms with Gasteiger partial charge in [0.05, 0.1) is 0 Å². The number of hydrogen-bond donors (Lipinski definition) is 2. The molecule has 0 spiro atoms. The van der Waals surface area contributed by atoms with E-state index in [-0.39, 0.29) is 23.0 Å². The van der Waals surface area contributed by atoms with E-state index in [1.54, 1.807) is 6.92 Å². The lowest BCUT2D eigenvalue weighted by Gasteiger charge is -2.46. The summed E-state index contributed by atoms with van der Waals surface area (Å²) in [7, 11) is 0. The lowest BCUT2D eigenvalue weighted by Crippen LogP contribution is -2.62. The molecule has 1 aliphatic heterocycles. The van der Waals surface area contributed by atoms with Crippen LogP contribution in [0.2, 0.25) is 0 Å². The molecule has 0 bridgehead atoms. The summed E-state index contributed by atoms with van der Waals surface area (Å²) in [6, 6.07) is 7.93. The Morgan fingerprint density at radius 1 is 1.22 bits per heavy atom. The predicted molar refractivity (Wildman–Crippen MR) is 93.7 cm³/mol. The van der Waals surface area contributed by atoms with Gasteiger partial charge in [-0.05, 0) is 66.0 Å². The molecule has 2 rings (SSSR count). The lowest BCUT2D eigenvalue weighted by molar-refractivity contribution is -0.128. The van der Waals surface area contributed by atoms with Gasteiger partial charge in [0.1, 0.15) is 5.75 Å². The number of amides is 1. The van der Waals surface area contributed by atoms with Crippen LogP contribution < -0.4 is 15.4 Å². The molecule has 4 nitrogen and oxygen atoms in total. The van der Waals surface area contributed by atoms with Crippen LogP contribution in [0.4, 0.5) is 0 Å². The first-order chi connectivity index (χ1) is 10.6. The maximum atomic E-state index is 12.5. The summed E-state index contributed by atoms with van der Waals surface area (Å²) in [5.74, 6) is 0.716. The number of para-hydroxylation sites is 1. The summed E-state index contributed by atoms with van der Waals surface area (Å²) in [6.45, 7) is 12.5. The van der Waals surface area contributed by atoms with Gasteiger partial charge in [0, 0.05) is 17.1 Å². The van der Waals surface area contributed by atoms with Crippen molar-refractivity contribution in [2.75, 3.05) is 0 Å². The monoisotopic (exact) mass is 318 g/mol. The predicted octanol–water partition coefficient (Wildman–Crippen LogP) is 3.19. The Labute approximate surface area is 140 Å². The van der Waals surface area contributed by atoms with Gasteiger partial charge in [-0.3, -0.25) is 4.79 Å². The molecule has 1 saturated heterocycles. The molecule has 0 aromatic heterocycles. The van der Waals surface area contributed by atoms with Gasteiger partial charge < -0.3 is 15.4 Å². The molecule has 1 atom stereocenters. The summed E-state index contributed by atoms with van der Waals surface area (Å²) in [5, 5.41) is 6.79. The number of benzene rings is 1. The van der Waals surface area contributed by atoms with Gasteiger partial charge in [-0.1, -0.05) is 18.2 Å². The Kier molecular flexibility index (Phi) is 5.04. The second-order valence-corrected chi connectivity index (χ2v) is 8.03. The quantitative estimate of drug-likeness (QED) is 0.896. The average molecular weight is 318 g/mol. The van der Waals surface area contributed by atoms with E-state index in [0.717, 1.165) is 24.2 Å². The number of rotatable bonds is 4. The summed E-state index contributed by atoms with van der Waals surface area (Å²) in [5.41, 5.74) is 1.07. The molecule has 0 radical (unpaired) electrons. The molecule has 0 aliphatic carbocycles. The minimum atomic E-state index is -0.503. The van der Waals surface area contributed by atoms with Gasteiger partial charge in [0.25, 0.3) is 5.91 Å². The second kappa shape index (κ2) is 6.52. The normalized spacial score (nSPS) is 21.5. The van der Waals surface area contributed by atoms with Crippen molar-refractivity contribution in [3.63, 3.8) is 0 Å². The van der Waals surface area contributed by atoms with E-state index in [1.165, 1.54) is 0 Å². The molecular formula is C19H30N2O2. The van der Waals surface area contributed by atoms with Crippen LogP contribution in [0.25, 0.3) is 0 Å². The Morgan fingerprint density at radius 3 is 2.35 bits per heavy atom. The largest absolute Gasteiger partial charge is 0.481 e. The van der Waals surface area contributed by atoms with E-state index < -0.39 is 6.10 Å². The highest BCUT2D eigenvalue weighted by atomic mass is 16.5. The zero-order valence-electron chi connectivity index (χ0n) is 15.2. The first-order valence-electron chi connectivity index (χ1n) is 8.40. The minimum absolute atomic E-state index is 0.0137. The van der Waals surface area contributed by atoms with Crippen LogP contribution in [0.1, 0.15) is 53.0 Å². The number of nitrogens with one attached hydrogen (secondary N) is 2. The summed E-state index contributed by atoms with van der Waals surface area (Å²) < 4.78 is 5.82. The van der Waals surface area contributed by atoms with E-state index in [4.69, 9.17) is 4.74 Å². The number of carbonyl (C=O) groups is 1. The van der Waals surface area contributed by atoms with Gasteiger partial charge >= 0.3 is 0 Å². The van der Waals surface area contributed by atoms with Gasteiger partial charge in [-0.15, -0.1) is 0 Å². The minimum Gasteiger partial charge on any atom is -0.481 e. The van der Waals surface area contributed by atoms with Crippen molar-refractivity contribution < 1.29 is 9.53 Å². The Bertz CT molecular complexity index is 550. The van der Waals surface area contributed by atoms with Crippen molar-refractivity contribution in [2.45, 2.75) is 77.6 Å². The van der Waals surface area contributed by atoms with Gasteiger partial charge in [-0.2, -0.15) is 0 Å². The van der Waals surface area contributed by atoms with Crippen LogP contribution in [0, 0.1) is 6.92 Å². The number of ether oxygens (including phenoxy) is 1. The van der Waals surface area contributed by atoms with Crippen molar-refractivity contribution in [1.82, 2.24) is 10.6 Å². The molecule has 1 unspecified atom stereocenters. The van der Waals surface area contributed by atoms with Crippen LogP contribution in [-0.2, 0) is 4.79 Å². The number of aryl methyl sites for hydroxylation is 1. The van der Waals surface area contributed by atoms with Crippen LogP contribution in [-0.4, -0.2) is 29.1 Å². The zero-order valence-corrected chi connectivity index (χ0v) is 15.2. The third-order valence-electron chi connectivity index (χ3n) is 4.30. The molecule has 128 valence electrons. The van der Waals surface area contributed by atoms with Crippen molar-refractivity contribution in [3.05, 3.63) is 29.8 Å². The van der Waals surface area contributed by atoms with E-state index in [9.17, 15) is 4.79 Å². The van der Waals surface area contributed by atoms with Crippen molar-refractivity contribution >= 4 is 5.91 Å². The van der Waals surface area contributed by atoms with Crippen LogP contribution in [0.3, 0.4) is 0 Å². The highest BCUT2D eigenvalue weighted by Gasteiger charge is 2.38. The molecular weight excluding hydrogens is 288 g/mol. The van der Waals surface area contributed by atoms with Crippen LogP contribution in [0.5, 0.6) is 5.75 Å². The Balaban J connectivity index is 1.97. The second-order valence-electron chi connectivity index (χ2n) is 8.03. The molecule has 2 N–H and O–H groups in total. The van der Waals surface area contributed by atoms with Gasteiger partial charge in [0.15, 0.2) is 6.10 Å². The Hall–Kier alpha value is -1.55. The first kappa shape index (κ1) is 17.8. The maximum absolute atomic E-state index is 12.5. The molecule has 1 aliphatic rings. The first-order valence-corrected chi connectivity index (χ1v) is 8.40. The van der Waals surface area contributed by atoms with Crippen molar-refractivity contribution in [2.24, 2.45) is 0 Å². The standard InChI is InChI=1S/C19H30N2O2/c1-13-9-7-8-10-16(13)23-14(2)17(22)20-15-11-18(3,4)21-19(5,6)12-15/h7-10,14-15,21H,11-12H2,1-6H3,(H,20,22). The molecule has 1 heterocycles. The van der Waals surface area contributed by atoms with Crippen LogP contribution in [0.15, 0.2) is 24.3 Å². The summed E-state index contributed by atoms with van der Waals surface area (Å²) in [4.78, 5) is 12.5. The van der Waals surface area contributed by atoms with E-state index in [2.05, 4.69) is 38.3 Å². The van der Waals surface area contributed by atoms with E-state index in [1.807, 2.05) is 31.2 Å². The molecule has 4 heteroatoms. The molecule has 1 aromatic rings. The van der Waals surface area contributed by atoms with Crippen molar-refractivity contribution in [1.29, 1.82) is 0 Å². The molecule has 23 heavy (non-hydrogen) atoms. The molecule has 1 fully saturated rings. The third-order valence-corrected chi connectivity index (χ3v) is 4.30. The number of carbonyl (C=O) groups excluding carboxylic acids is 1. The van der Waals surface area contributed by atoms with E-state index in [0.29, 0.717) is 0 Å². The van der Waals surface area contributed by atoms with Gasteiger partial charge in [0.2, 0.25) is 0 Å². The summed E-state index contributed by atoms with van der Waals surface area (Å²) in [6.07, 6.45) is 1.33. The Morgan fingerprint density at radius 2 is 1.78 bits per heavy atom. The SMILES string of the molecule is Cc1ccccc1OC(C)C(=O)NC1CC(C)(C)NC(C)(C)C1. The number of hydrogen-bond acceptors (Lipinski definition) is 3. The third kappa shape index (κ3) is 4.96. The van der Waals surface area contributed by atoms with Crippen LogP contribution >= 0.6 is 0 Å². The fraction of sp³-hybridized carbons (Fsp3) is 0.632. The van der Waals surface area contributed by atoms with Gasteiger partial charge in [-0.25, -0.2) is 0 Å². The van der Waals surface area contributed by atoms with E-state index >= 15 is 0 Å². The zero-order chi connectivity index (χ0) is 17.3. The smallest absolute Gasteiger partial charge is 0.260 e. The lowest BCUT2D eigenvalue weighted by atomic mass is 9.79. The fourth-order valence-corrected chi connectivity index (χ4v) is 3.68. The summed E-state index contributed by atoms with van der Waals surface area (Å²) >= 11 is 0. The molecule has 1 aromatic carbocycles. The molecule has 0 saturated carbocycles.